The van der Waals surface area contributed by atoms with Crippen molar-refractivity contribution < 1.29 is 9.53 Å². The number of aromatic nitrogens is 2. The minimum atomic E-state index is -0.330. The van der Waals surface area contributed by atoms with Crippen LogP contribution in [0.5, 0.6) is 11.5 Å². The maximum atomic E-state index is 12.7. The second kappa shape index (κ2) is 7.98. The van der Waals surface area contributed by atoms with E-state index in [2.05, 4.69) is 10.3 Å². The average Bonchev–Trinajstić information content (AvgIpc) is 2.72. The Hall–Kier alpha value is -3.93. The molecule has 6 heteroatoms. The fourth-order valence-corrected chi connectivity index (χ4v) is 3.08. The molecule has 1 N–H and O–H groups in total. The van der Waals surface area contributed by atoms with Gasteiger partial charge in [0.15, 0.2) is 5.75 Å². The summed E-state index contributed by atoms with van der Waals surface area (Å²) < 4.78 is 7.35. The number of anilines is 1. The van der Waals surface area contributed by atoms with Crippen LogP contribution in [-0.4, -0.2) is 15.5 Å². The van der Waals surface area contributed by atoms with Crippen LogP contribution in [0.2, 0.25) is 0 Å². The van der Waals surface area contributed by atoms with E-state index >= 15 is 0 Å². The number of nitrogens with zero attached hydrogens (tertiary/aromatic N) is 2. The highest BCUT2D eigenvalue weighted by atomic mass is 16.5. The number of carbonyl (C=O) groups excluding carboxylic acids is 1. The summed E-state index contributed by atoms with van der Waals surface area (Å²) in [5.74, 6) is 0.880. The summed E-state index contributed by atoms with van der Waals surface area (Å²) in [6.45, 7) is 1.86. The molecule has 0 aliphatic carbocycles. The Labute approximate surface area is 167 Å². The molecule has 1 aromatic heterocycles. The van der Waals surface area contributed by atoms with Crippen molar-refractivity contribution >= 4 is 22.6 Å². The number of para-hydroxylation sites is 4. The number of carbonyl (C=O) groups is 1. The topological polar surface area (TPSA) is 73.2 Å². The number of ether oxygens (including phenoxy) is 1. The van der Waals surface area contributed by atoms with E-state index in [-0.39, 0.29) is 18.0 Å². The van der Waals surface area contributed by atoms with Gasteiger partial charge in [-0.15, -0.1) is 0 Å². The van der Waals surface area contributed by atoms with Gasteiger partial charge in [0, 0.05) is 0 Å². The largest absolute Gasteiger partial charge is 0.455 e. The Bertz CT molecular complexity index is 1250. The van der Waals surface area contributed by atoms with Gasteiger partial charge in [-0.2, -0.15) is 0 Å². The third kappa shape index (κ3) is 4.16. The van der Waals surface area contributed by atoms with Crippen LogP contribution in [0.1, 0.15) is 5.56 Å². The minimum Gasteiger partial charge on any atom is -0.455 e. The molecule has 0 atom stereocenters. The number of amides is 1. The van der Waals surface area contributed by atoms with E-state index in [1.807, 2.05) is 55.5 Å². The van der Waals surface area contributed by atoms with Crippen molar-refractivity contribution in [2.24, 2.45) is 0 Å². The molecule has 4 aromatic rings. The van der Waals surface area contributed by atoms with Crippen LogP contribution in [0.4, 0.5) is 5.69 Å². The number of fused-ring (bicyclic) bond motifs is 1. The Morgan fingerprint density at radius 3 is 2.69 bits per heavy atom. The van der Waals surface area contributed by atoms with E-state index in [1.54, 1.807) is 24.3 Å². The SMILES string of the molecule is Cc1cccc(Oc2ccccc2NC(=O)Cn2c(=O)cnc3ccccc32)c1. The van der Waals surface area contributed by atoms with Crippen LogP contribution in [-0.2, 0) is 11.3 Å². The summed E-state index contributed by atoms with van der Waals surface area (Å²) in [7, 11) is 0. The average molecular weight is 385 g/mol. The van der Waals surface area contributed by atoms with E-state index in [4.69, 9.17) is 4.74 Å². The third-order valence-electron chi connectivity index (χ3n) is 4.43. The van der Waals surface area contributed by atoms with Crippen LogP contribution in [0, 0.1) is 6.92 Å². The number of hydrogen-bond donors (Lipinski definition) is 1. The highest BCUT2D eigenvalue weighted by molar-refractivity contribution is 5.93. The van der Waals surface area contributed by atoms with Gasteiger partial charge in [-0.3, -0.25) is 14.2 Å². The summed E-state index contributed by atoms with van der Waals surface area (Å²) in [6.07, 6.45) is 1.23. The first-order valence-corrected chi connectivity index (χ1v) is 9.18. The molecule has 4 rings (SSSR count). The highest BCUT2D eigenvalue weighted by Gasteiger charge is 2.12. The van der Waals surface area contributed by atoms with Gasteiger partial charge in [-0.1, -0.05) is 36.4 Å². The lowest BCUT2D eigenvalue weighted by atomic mass is 10.2. The molecule has 0 aliphatic rings. The first-order chi connectivity index (χ1) is 14.1. The Morgan fingerprint density at radius 2 is 1.83 bits per heavy atom. The number of benzene rings is 3. The Balaban J connectivity index is 1.57. The number of aryl methyl sites for hydroxylation is 1. The molecule has 3 aromatic carbocycles. The minimum absolute atomic E-state index is 0.124. The summed E-state index contributed by atoms with van der Waals surface area (Å²) >= 11 is 0. The lowest BCUT2D eigenvalue weighted by Gasteiger charge is -2.14. The second-order valence-corrected chi connectivity index (χ2v) is 6.63. The molecule has 144 valence electrons. The predicted molar refractivity (Wildman–Crippen MR) is 112 cm³/mol. The molecule has 1 heterocycles. The molecule has 0 radical (unpaired) electrons. The summed E-state index contributed by atoms with van der Waals surface area (Å²) in [4.78, 5) is 29.1. The van der Waals surface area contributed by atoms with Gasteiger partial charge in [0.25, 0.3) is 5.56 Å². The number of rotatable bonds is 5. The summed E-state index contributed by atoms with van der Waals surface area (Å²) in [5.41, 5.74) is 2.55. The van der Waals surface area contributed by atoms with Gasteiger partial charge < -0.3 is 10.1 Å². The zero-order valence-electron chi connectivity index (χ0n) is 15.8. The molecule has 0 fully saturated rings. The molecule has 29 heavy (non-hydrogen) atoms. The lowest BCUT2D eigenvalue weighted by molar-refractivity contribution is -0.116. The van der Waals surface area contributed by atoms with Gasteiger partial charge in [0.2, 0.25) is 5.91 Å². The maximum absolute atomic E-state index is 12.7. The van der Waals surface area contributed by atoms with Crippen LogP contribution in [0.15, 0.2) is 83.8 Å². The second-order valence-electron chi connectivity index (χ2n) is 6.63. The van der Waals surface area contributed by atoms with Gasteiger partial charge in [0.05, 0.1) is 22.9 Å². The molecule has 0 aliphatic heterocycles. The molecule has 0 saturated heterocycles. The quantitative estimate of drug-likeness (QED) is 0.560. The van der Waals surface area contributed by atoms with Crippen molar-refractivity contribution in [3.8, 4) is 11.5 Å². The zero-order valence-corrected chi connectivity index (χ0v) is 15.8. The molecular weight excluding hydrogens is 366 g/mol. The van der Waals surface area contributed by atoms with Crippen molar-refractivity contribution in [3.63, 3.8) is 0 Å². The molecule has 0 unspecified atom stereocenters. The molecule has 0 bridgehead atoms. The maximum Gasteiger partial charge on any atom is 0.269 e. The van der Waals surface area contributed by atoms with Gasteiger partial charge >= 0.3 is 0 Å². The standard InChI is InChI=1S/C23H19N3O3/c1-16-7-6-8-17(13-16)29-21-12-5-3-10-19(21)25-22(27)15-26-20-11-4-2-9-18(20)24-14-23(26)28/h2-14H,15H2,1H3,(H,25,27). The fourth-order valence-electron chi connectivity index (χ4n) is 3.08. The number of nitrogens with one attached hydrogen (secondary N) is 1. The van der Waals surface area contributed by atoms with Crippen LogP contribution in [0.25, 0.3) is 11.0 Å². The normalized spacial score (nSPS) is 10.7. The van der Waals surface area contributed by atoms with Crippen molar-refractivity contribution in [1.82, 2.24) is 9.55 Å². The monoisotopic (exact) mass is 385 g/mol. The van der Waals surface area contributed by atoms with Crippen molar-refractivity contribution in [2.75, 3.05) is 5.32 Å². The predicted octanol–water partition coefficient (Wildman–Crippen LogP) is 4.14. The summed E-state index contributed by atoms with van der Waals surface area (Å²) in [5, 5.41) is 2.84. The van der Waals surface area contributed by atoms with Crippen molar-refractivity contribution in [3.05, 3.63) is 94.9 Å². The van der Waals surface area contributed by atoms with Crippen LogP contribution >= 0.6 is 0 Å². The van der Waals surface area contributed by atoms with Crippen molar-refractivity contribution in [2.45, 2.75) is 13.5 Å². The molecule has 6 nitrogen and oxygen atoms in total. The third-order valence-corrected chi connectivity index (χ3v) is 4.43. The van der Waals surface area contributed by atoms with E-state index in [0.29, 0.717) is 28.2 Å². The first kappa shape index (κ1) is 18.4. The van der Waals surface area contributed by atoms with E-state index in [9.17, 15) is 9.59 Å². The molecule has 1 amide bonds. The van der Waals surface area contributed by atoms with E-state index in [0.717, 1.165) is 5.56 Å². The fraction of sp³-hybridized carbons (Fsp3) is 0.0870. The molecular formula is C23H19N3O3. The Kier molecular flexibility index (Phi) is 5.07. The van der Waals surface area contributed by atoms with Crippen LogP contribution < -0.4 is 15.6 Å². The van der Waals surface area contributed by atoms with E-state index < -0.39 is 0 Å². The van der Waals surface area contributed by atoms with E-state index in [1.165, 1.54) is 10.8 Å². The summed E-state index contributed by atoms with van der Waals surface area (Å²) in [6, 6.07) is 22.1. The van der Waals surface area contributed by atoms with Gasteiger partial charge in [-0.25, -0.2) is 4.98 Å². The molecule has 0 saturated carbocycles. The van der Waals surface area contributed by atoms with Crippen molar-refractivity contribution in [1.29, 1.82) is 0 Å². The van der Waals surface area contributed by atoms with Crippen LogP contribution in [0.3, 0.4) is 0 Å². The lowest BCUT2D eigenvalue weighted by Crippen LogP contribution is -2.28. The van der Waals surface area contributed by atoms with Gasteiger partial charge in [-0.05, 0) is 48.9 Å². The smallest absolute Gasteiger partial charge is 0.269 e. The first-order valence-electron chi connectivity index (χ1n) is 9.18. The molecule has 0 spiro atoms. The zero-order chi connectivity index (χ0) is 20.2. The number of hydrogen-bond acceptors (Lipinski definition) is 4. The Morgan fingerprint density at radius 1 is 1.03 bits per heavy atom. The van der Waals surface area contributed by atoms with Gasteiger partial charge in [0.1, 0.15) is 12.3 Å². The highest BCUT2D eigenvalue weighted by Crippen LogP contribution is 2.29.